The van der Waals surface area contributed by atoms with Crippen LogP contribution >= 0.6 is 11.3 Å². The summed E-state index contributed by atoms with van der Waals surface area (Å²) in [5.74, 6) is 0.718. The van der Waals surface area contributed by atoms with Crippen LogP contribution in [-0.2, 0) is 13.0 Å². The molecule has 0 saturated heterocycles. The number of aromatic hydroxyl groups is 1. The zero-order valence-corrected chi connectivity index (χ0v) is 17.7. The third-order valence-electron chi connectivity index (χ3n) is 6.22. The fourth-order valence-electron chi connectivity index (χ4n) is 4.50. The van der Waals surface area contributed by atoms with Crippen molar-refractivity contribution in [1.82, 2.24) is 19.6 Å². The van der Waals surface area contributed by atoms with E-state index in [9.17, 15) is 5.11 Å². The second kappa shape index (κ2) is 6.48. The molecule has 0 aliphatic carbocycles. The van der Waals surface area contributed by atoms with E-state index in [4.69, 9.17) is 4.98 Å². The van der Waals surface area contributed by atoms with Gasteiger partial charge in [-0.2, -0.15) is 0 Å². The molecule has 0 fully saturated rings. The maximum Gasteiger partial charge on any atom is 0.185 e. The second-order valence-electron chi connectivity index (χ2n) is 8.34. The molecule has 4 heterocycles. The molecule has 150 valence electrons. The molecule has 6 rings (SSSR count). The summed E-state index contributed by atoms with van der Waals surface area (Å²) < 4.78 is 1.75. The molecule has 7 heteroatoms. The van der Waals surface area contributed by atoms with Crippen molar-refractivity contribution < 1.29 is 10.0 Å². The van der Waals surface area contributed by atoms with E-state index in [2.05, 4.69) is 23.9 Å². The van der Waals surface area contributed by atoms with Gasteiger partial charge in [0.2, 0.25) is 0 Å². The van der Waals surface area contributed by atoms with Crippen LogP contribution in [0.3, 0.4) is 0 Å². The van der Waals surface area contributed by atoms with Crippen LogP contribution < -0.4 is 4.90 Å². The molecule has 0 bridgehead atoms. The van der Waals surface area contributed by atoms with E-state index in [0.717, 1.165) is 46.1 Å². The maximum absolute atomic E-state index is 10.6. The number of rotatable bonds is 2. The average molecular weight is 417 g/mol. The van der Waals surface area contributed by atoms with E-state index in [1.807, 2.05) is 30.3 Å². The number of aromatic nitrogens is 4. The Labute approximate surface area is 177 Å². The molecule has 2 N–H and O–H groups in total. The zero-order valence-electron chi connectivity index (χ0n) is 16.9. The van der Waals surface area contributed by atoms with Gasteiger partial charge in [0, 0.05) is 6.42 Å². The van der Waals surface area contributed by atoms with E-state index >= 15 is 0 Å². The lowest BCUT2D eigenvalue weighted by Gasteiger charge is -2.27. The Balaban J connectivity index is 1.53. The number of hydrogen-bond donors (Lipinski definition) is 2. The van der Waals surface area contributed by atoms with Gasteiger partial charge in [0.25, 0.3) is 0 Å². The Hall–Kier alpha value is -3.03. The Morgan fingerprint density at radius 1 is 1.17 bits per heavy atom. The highest BCUT2D eigenvalue weighted by Crippen LogP contribution is 2.36. The van der Waals surface area contributed by atoms with Crippen molar-refractivity contribution in [3.8, 4) is 17.1 Å². The number of phenols is 1. The van der Waals surface area contributed by atoms with Gasteiger partial charge in [-0.25, -0.2) is 14.5 Å². The molecule has 1 atom stereocenters. The van der Waals surface area contributed by atoms with Crippen LogP contribution in [0.25, 0.3) is 38.0 Å². The predicted octanol–water partition coefficient (Wildman–Crippen LogP) is 3.21. The monoisotopic (exact) mass is 416 g/mol. The van der Waals surface area contributed by atoms with Gasteiger partial charge in [0.05, 0.1) is 28.4 Å². The summed E-state index contributed by atoms with van der Waals surface area (Å²) >= 11 is 1.78. The van der Waals surface area contributed by atoms with Crippen LogP contribution in [0.1, 0.15) is 24.3 Å². The van der Waals surface area contributed by atoms with E-state index in [1.54, 1.807) is 33.1 Å². The maximum atomic E-state index is 10.6. The standard InChI is InChI=1S/C23H21N5OS/c1-13(2)27-8-7-16-19(11-27)30-23-20(16)22-25-21(26-28(22)12-24-23)17-9-14-5-3-4-6-15(14)10-18(17)29/h3-6,9-10,12-13,29H,7-8,11H2,1-2H3/p+1. The molecule has 1 aliphatic rings. The Bertz CT molecular complexity index is 1430. The number of nitrogens with zero attached hydrogens (tertiary/aromatic N) is 4. The molecule has 0 spiro atoms. The second-order valence-corrected chi connectivity index (χ2v) is 9.42. The molecule has 2 aromatic carbocycles. The number of nitrogens with one attached hydrogen (secondary N) is 1. The summed E-state index contributed by atoms with van der Waals surface area (Å²) in [6.07, 6.45) is 2.77. The first-order valence-corrected chi connectivity index (χ1v) is 11.1. The van der Waals surface area contributed by atoms with Crippen LogP contribution in [0.5, 0.6) is 5.75 Å². The van der Waals surface area contributed by atoms with E-state index in [-0.39, 0.29) is 5.75 Å². The molecule has 0 saturated carbocycles. The minimum absolute atomic E-state index is 0.192. The summed E-state index contributed by atoms with van der Waals surface area (Å²) in [7, 11) is 0. The third kappa shape index (κ3) is 2.62. The van der Waals surface area contributed by atoms with E-state index in [1.165, 1.54) is 10.4 Å². The van der Waals surface area contributed by atoms with Crippen LogP contribution in [0.15, 0.2) is 42.7 Å². The minimum Gasteiger partial charge on any atom is -0.507 e. The lowest BCUT2D eigenvalue weighted by atomic mass is 10.0. The summed E-state index contributed by atoms with van der Waals surface area (Å²) in [5.41, 5.74) is 2.84. The SMILES string of the molecule is CC(C)[NH+]1CCc2c(sc3ncn4nc(-c5cc6ccccc6cc5O)nc4c23)C1. The fraction of sp³-hybridized carbons (Fsp3) is 0.261. The molecule has 1 unspecified atom stereocenters. The molecule has 30 heavy (non-hydrogen) atoms. The van der Waals surface area contributed by atoms with Crippen LogP contribution in [-0.4, -0.2) is 37.3 Å². The van der Waals surface area contributed by atoms with Gasteiger partial charge < -0.3 is 10.0 Å². The summed E-state index contributed by atoms with van der Waals surface area (Å²) in [4.78, 5) is 13.6. The van der Waals surface area contributed by atoms with Crippen molar-refractivity contribution in [1.29, 1.82) is 0 Å². The van der Waals surface area contributed by atoms with Gasteiger partial charge in [0.15, 0.2) is 11.5 Å². The summed E-state index contributed by atoms with van der Waals surface area (Å²) in [5, 5.41) is 18.5. The number of quaternary nitrogens is 1. The highest BCUT2D eigenvalue weighted by atomic mass is 32.1. The normalized spacial score (nSPS) is 16.7. The first-order valence-electron chi connectivity index (χ1n) is 10.3. The highest BCUT2D eigenvalue weighted by Gasteiger charge is 2.28. The van der Waals surface area contributed by atoms with Crippen molar-refractivity contribution in [2.45, 2.75) is 32.9 Å². The first kappa shape index (κ1) is 17.8. The van der Waals surface area contributed by atoms with Gasteiger partial charge in [-0.1, -0.05) is 24.3 Å². The average Bonchev–Trinajstić information content (AvgIpc) is 3.33. The minimum atomic E-state index is 0.192. The quantitative estimate of drug-likeness (QED) is 0.464. The Morgan fingerprint density at radius 2 is 1.97 bits per heavy atom. The van der Waals surface area contributed by atoms with Crippen molar-refractivity contribution >= 4 is 38.0 Å². The number of hydrogen-bond acceptors (Lipinski definition) is 5. The topological polar surface area (TPSA) is 67.8 Å². The van der Waals surface area contributed by atoms with Gasteiger partial charge >= 0.3 is 0 Å². The van der Waals surface area contributed by atoms with Gasteiger partial charge in [-0.3, -0.25) is 0 Å². The summed E-state index contributed by atoms with van der Waals surface area (Å²) in [6, 6.07) is 12.3. The fourth-order valence-corrected chi connectivity index (χ4v) is 5.74. The molecule has 0 amide bonds. The van der Waals surface area contributed by atoms with Crippen molar-refractivity contribution in [2.24, 2.45) is 0 Å². The molecular formula is C23H22N5OS+. The zero-order chi connectivity index (χ0) is 20.4. The van der Waals surface area contributed by atoms with Crippen LogP contribution in [0, 0.1) is 0 Å². The first-order chi connectivity index (χ1) is 14.6. The van der Waals surface area contributed by atoms with Crippen molar-refractivity contribution in [3.63, 3.8) is 0 Å². The predicted molar refractivity (Wildman–Crippen MR) is 119 cm³/mol. The van der Waals surface area contributed by atoms with Gasteiger partial charge in [-0.05, 0) is 42.3 Å². The largest absolute Gasteiger partial charge is 0.507 e. The molecule has 3 aromatic heterocycles. The molecular weight excluding hydrogens is 394 g/mol. The van der Waals surface area contributed by atoms with Crippen LogP contribution in [0.4, 0.5) is 0 Å². The van der Waals surface area contributed by atoms with Crippen molar-refractivity contribution in [2.75, 3.05) is 6.54 Å². The third-order valence-corrected chi connectivity index (χ3v) is 7.36. The Morgan fingerprint density at radius 3 is 2.77 bits per heavy atom. The number of fused-ring (bicyclic) bond motifs is 6. The molecule has 5 aromatic rings. The molecule has 1 aliphatic heterocycles. The van der Waals surface area contributed by atoms with E-state index < -0.39 is 0 Å². The highest BCUT2D eigenvalue weighted by molar-refractivity contribution is 7.19. The van der Waals surface area contributed by atoms with Crippen molar-refractivity contribution in [3.05, 3.63) is 53.2 Å². The Kier molecular flexibility index (Phi) is 3.85. The number of phenolic OH excluding ortho intramolecular Hbond substituents is 1. The molecule has 0 radical (unpaired) electrons. The number of thiophene rings is 1. The van der Waals surface area contributed by atoms with Gasteiger partial charge in [-0.15, -0.1) is 16.4 Å². The van der Waals surface area contributed by atoms with E-state index in [0.29, 0.717) is 17.4 Å². The lowest BCUT2D eigenvalue weighted by molar-refractivity contribution is -0.936. The molecule has 6 nitrogen and oxygen atoms in total. The summed E-state index contributed by atoms with van der Waals surface area (Å²) in [6.45, 7) is 6.74. The lowest BCUT2D eigenvalue weighted by Crippen LogP contribution is -3.14. The van der Waals surface area contributed by atoms with Crippen LogP contribution in [0.2, 0.25) is 0 Å². The smallest absolute Gasteiger partial charge is 0.185 e. The number of benzene rings is 2. The van der Waals surface area contributed by atoms with Gasteiger partial charge in [0.1, 0.15) is 23.5 Å².